The highest BCUT2D eigenvalue weighted by Crippen LogP contribution is 2.34. The van der Waals surface area contributed by atoms with Crippen LogP contribution in [0.2, 0.25) is 4.34 Å². The number of benzene rings is 1. The van der Waals surface area contributed by atoms with Gasteiger partial charge in [0.15, 0.2) is 9.84 Å². The lowest BCUT2D eigenvalue weighted by atomic mass is 10.1. The highest BCUT2D eigenvalue weighted by molar-refractivity contribution is 7.94. The number of halogens is 1. The molecule has 1 aromatic carbocycles. The first-order chi connectivity index (χ1) is 12.9. The first-order valence-electron chi connectivity index (χ1n) is 8.48. The smallest absolute Gasteiger partial charge is 0.268 e. The zero-order valence-corrected chi connectivity index (χ0v) is 16.8. The Balaban J connectivity index is 1.65. The number of carbonyl (C=O) groups is 1. The van der Waals surface area contributed by atoms with Crippen molar-refractivity contribution in [2.45, 2.75) is 19.4 Å². The van der Waals surface area contributed by atoms with Gasteiger partial charge in [-0.3, -0.25) is 4.79 Å². The number of hydrogen-bond donors (Lipinski definition) is 2. The molecule has 0 unspecified atom stereocenters. The van der Waals surface area contributed by atoms with E-state index in [2.05, 4.69) is 10.3 Å². The number of thiophene rings is 1. The molecule has 2 aromatic heterocycles. The van der Waals surface area contributed by atoms with Crippen molar-refractivity contribution in [2.75, 3.05) is 5.75 Å². The number of hydrogen-bond acceptors (Lipinski definition) is 4. The van der Waals surface area contributed by atoms with Crippen LogP contribution in [0.4, 0.5) is 0 Å². The molecule has 140 valence electrons. The molecule has 27 heavy (non-hydrogen) atoms. The summed E-state index contributed by atoms with van der Waals surface area (Å²) in [5.41, 5.74) is 2.97. The number of H-pyrrole nitrogens is 1. The Bertz CT molecular complexity index is 1140. The molecule has 1 atom stereocenters. The molecular formula is C19H17ClN2O3S2. The van der Waals surface area contributed by atoms with Gasteiger partial charge in [0.1, 0.15) is 10.5 Å². The van der Waals surface area contributed by atoms with Crippen LogP contribution in [0.5, 0.6) is 0 Å². The summed E-state index contributed by atoms with van der Waals surface area (Å²) < 4.78 is 25.0. The molecule has 8 heteroatoms. The number of nitrogens with one attached hydrogen (secondary N) is 2. The van der Waals surface area contributed by atoms with Crippen LogP contribution >= 0.6 is 22.9 Å². The molecule has 1 aliphatic carbocycles. The summed E-state index contributed by atoms with van der Waals surface area (Å²) in [6.45, 7) is 1.61. The summed E-state index contributed by atoms with van der Waals surface area (Å²) in [5.74, 6) is -0.250. The molecule has 2 N–H and O–H groups in total. The highest BCUT2D eigenvalue weighted by Gasteiger charge is 2.30. The number of aromatic nitrogens is 1. The van der Waals surface area contributed by atoms with Crippen molar-refractivity contribution in [3.05, 3.63) is 63.0 Å². The number of aromatic amines is 1. The van der Waals surface area contributed by atoms with Crippen LogP contribution in [-0.4, -0.2) is 31.1 Å². The lowest BCUT2D eigenvalue weighted by Crippen LogP contribution is -2.35. The van der Waals surface area contributed by atoms with E-state index in [0.717, 1.165) is 21.3 Å². The second-order valence-electron chi connectivity index (χ2n) is 6.43. The molecule has 5 nitrogen and oxygen atoms in total. The van der Waals surface area contributed by atoms with Crippen LogP contribution in [0.15, 0.2) is 41.8 Å². The maximum atomic E-state index is 12.7. The summed E-state index contributed by atoms with van der Waals surface area (Å²) in [4.78, 5) is 16.6. The number of sulfone groups is 1. The predicted molar refractivity (Wildman–Crippen MR) is 110 cm³/mol. The van der Waals surface area contributed by atoms with Crippen LogP contribution in [-0.2, 0) is 16.3 Å². The van der Waals surface area contributed by atoms with Crippen LogP contribution in [0.3, 0.4) is 0 Å². The fourth-order valence-corrected chi connectivity index (χ4v) is 5.27. The van der Waals surface area contributed by atoms with Crippen LogP contribution < -0.4 is 5.32 Å². The normalized spacial score (nSPS) is 18.1. The van der Waals surface area contributed by atoms with Crippen LogP contribution in [0, 0.1) is 0 Å². The van der Waals surface area contributed by atoms with E-state index in [1.165, 1.54) is 16.7 Å². The highest BCUT2D eigenvalue weighted by atomic mass is 35.5. The summed E-state index contributed by atoms with van der Waals surface area (Å²) >= 11 is 7.35. The molecule has 0 fully saturated rings. The van der Waals surface area contributed by atoms with Crippen molar-refractivity contribution in [1.82, 2.24) is 10.3 Å². The van der Waals surface area contributed by atoms with Crippen molar-refractivity contribution in [1.29, 1.82) is 0 Å². The van der Waals surface area contributed by atoms with Gasteiger partial charge >= 0.3 is 0 Å². The number of rotatable bonds is 4. The molecular weight excluding hydrogens is 404 g/mol. The number of fused-ring (bicyclic) bond motifs is 2. The molecule has 0 bridgehead atoms. The minimum Gasteiger partial charge on any atom is -0.344 e. The van der Waals surface area contributed by atoms with E-state index >= 15 is 0 Å². The fraction of sp³-hybridized carbons (Fsp3) is 0.211. The Hall–Kier alpha value is -2.09. The second kappa shape index (κ2) is 6.82. The maximum absolute atomic E-state index is 12.7. The average molecular weight is 421 g/mol. The van der Waals surface area contributed by atoms with Gasteiger partial charge in [-0.1, -0.05) is 42.8 Å². The molecule has 0 radical (unpaired) electrons. The minimum absolute atomic E-state index is 0.0208. The van der Waals surface area contributed by atoms with Gasteiger partial charge in [-0.15, -0.1) is 11.3 Å². The number of amides is 1. The predicted octanol–water partition coefficient (Wildman–Crippen LogP) is 4.01. The van der Waals surface area contributed by atoms with Gasteiger partial charge in [-0.25, -0.2) is 8.42 Å². The molecule has 4 rings (SSSR count). The van der Waals surface area contributed by atoms with Gasteiger partial charge in [0.2, 0.25) is 0 Å². The largest absolute Gasteiger partial charge is 0.344 e. The van der Waals surface area contributed by atoms with E-state index in [9.17, 15) is 13.2 Å². The van der Waals surface area contributed by atoms with E-state index < -0.39 is 9.84 Å². The van der Waals surface area contributed by atoms with Gasteiger partial charge < -0.3 is 10.3 Å². The van der Waals surface area contributed by atoms with E-state index in [1.807, 2.05) is 24.3 Å². The summed E-state index contributed by atoms with van der Waals surface area (Å²) in [5, 5.41) is 5.16. The van der Waals surface area contributed by atoms with Crippen molar-refractivity contribution in [3.8, 4) is 0 Å². The minimum atomic E-state index is -3.33. The molecule has 0 saturated heterocycles. The van der Waals surface area contributed by atoms with Crippen molar-refractivity contribution < 1.29 is 13.2 Å². The lowest BCUT2D eigenvalue weighted by molar-refractivity contribution is 0.0942. The van der Waals surface area contributed by atoms with Gasteiger partial charge in [-0.05, 0) is 35.3 Å². The molecule has 1 aliphatic rings. The zero-order valence-electron chi connectivity index (χ0n) is 14.5. The third-order valence-corrected chi connectivity index (χ3v) is 7.28. The Kier molecular flexibility index (Phi) is 4.61. The van der Waals surface area contributed by atoms with Gasteiger partial charge in [0, 0.05) is 10.8 Å². The fourth-order valence-electron chi connectivity index (χ4n) is 3.30. The topological polar surface area (TPSA) is 79.0 Å². The van der Waals surface area contributed by atoms with Crippen molar-refractivity contribution >= 4 is 54.5 Å². The first-order valence-corrected chi connectivity index (χ1v) is 11.4. The summed E-state index contributed by atoms with van der Waals surface area (Å²) in [6, 6.07) is 10.8. The first kappa shape index (κ1) is 18.3. The lowest BCUT2D eigenvalue weighted by Gasteiger charge is -2.14. The molecule has 2 heterocycles. The van der Waals surface area contributed by atoms with Gasteiger partial charge in [0.05, 0.1) is 16.1 Å². The standard InChI is InChI=1S/C19H17ClN2O3S2/c1-2-27(24,25)10-14-13-6-4-3-5-11(13)7-15(14)21-18(23)16-8-12-9-17(20)26-19(12)22-16/h3-6,8-10,15,22H,2,7H2,1H3,(H,21,23)/t15-/m1/s1. The Labute approximate surface area is 166 Å². The number of carbonyl (C=O) groups excluding carboxylic acids is 1. The average Bonchev–Trinajstić information content (AvgIpc) is 3.26. The Morgan fingerprint density at radius 3 is 2.89 bits per heavy atom. The Morgan fingerprint density at radius 1 is 1.37 bits per heavy atom. The SMILES string of the molecule is CCS(=O)(=O)C=C1c2ccccc2C[C@H]1NC(=O)c1cc2cc(Cl)sc2[nH]1. The van der Waals surface area contributed by atoms with E-state index in [1.54, 1.807) is 19.1 Å². The van der Waals surface area contributed by atoms with Crippen LogP contribution in [0.25, 0.3) is 15.8 Å². The van der Waals surface area contributed by atoms with Crippen molar-refractivity contribution in [3.63, 3.8) is 0 Å². The van der Waals surface area contributed by atoms with E-state index in [4.69, 9.17) is 11.6 Å². The summed E-state index contributed by atoms with van der Waals surface area (Å²) in [7, 11) is -3.33. The Morgan fingerprint density at radius 2 is 2.15 bits per heavy atom. The second-order valence-corrected chi connectivity index (χ2v) is 10.3. The van der Waals surface area contributed by atoms with Gasteiger partial charge in [0.25, 0.3) is 5.91 Å². The van der Waals surface area contributed by atoms with E-state index in [-0.39, 0.29) is 17.7 Å². The third-order valence-electron chi connectivity index (χ3n) is 4.67. The molecule has 0 spiro atoms. The molecule has 0 saturated carbocycles. The quantitative estimate of drug-likeness (QED) is 0.669. The molecule has 3 aromatic rings. The molecule has 1 amide bonds. The summed E-state index contributed by atoms with van der Waals surface area (Å²) in [6.07, 6.45) is 0.563. The third kappa shape index (κ3) is 3.54. The monoisotopic (exact) mass is 420 g/mol. The van der Waals surface area contributed by atoms with E-state index in [0.29, 0.717) is 22.0 Å². The molecule has 0 aliphatic heterocycles. The zero-order chi connectivity index (χ0) is 19.2. The van der Waals surface area contributed by atoms with Crippen LogP contribution in [0.1, 0.15) is 28.5 Å². The van der Waals surface area contributed by atoms with Gasteiger partial charge in [-0.2, -0.15) is 0 Å². The van der Waals surface area contributed by atoms with Crippen molar-refractivity contribution in [2.24, 2.45) is 0 Å². The maximum Gasteiger partial charge on any atom is 0.268 e.